The molecule has 116 valence electrons. The van der Waals surface area contributed by atoms with Crippen molar-refractivity contribution in [2.45, 2.75) is 5.16 Å². The molecule has 7 nitrogen and oxygen atoms in total. The Hall–Kier alpha value is -2.87. The Morgan fingerprint density at radius 1 is 1.09 bits per heavy atom. The summed E-state index contributed by atoms with van der Waals surface area (Å²) in [7, 11) is 0. The van der Waals surface area contributed by atoms with Crippen molar-refractivity contribution in [3.63, 3.8) is 0 Å². The van der Waals surface area contributed by atoms with Gasteiger partial charge in [0.25, 0.3) is 0 Å². The molecule has 8 heteroatoms. The third-order valence-corrected chi connectivity index (χ3v) is 4.05. The summed E-state index contributed by atoms with van der Waals surface area (Å²) < 4.78 is 1.60. The number of aromatic hydroxyl groups is 1. The molecule has 1 aromatic heterocycles. The van der Waals surface area contributed by atoms with Gasteiger partial charge >= 0.3 is 0 Å². The number of para-hydroxylation sites is 2. The molecule has 0 aliphatic carbocycles. The topological polar surface area (TPSA) is 96.4 Å². The van der Waals surface area contributed by atoms with Crippen LogP contribution in [-0.4, -0.2) is 42.0 Å². The Balaban J connectivity index is 1.79. The Morgan fingerprint density at radius 2 is 1.83 bits per heavy atom. The van der Waals surface area contributed by atoms with Crippen molar-refractivity contribution in [3.8, 4) is 11.4 Å². The molecule has 0 atom stereocenters. The van der Waals surface area contributed by atoms with Gasteiger partial charge in [-0.1, -0.05) is 47.2 Å². The van der Waals surface area contributed by atoms with Gasteiger partial charge in [0.1, 0.15) is 11.5 Å². The predicted molar refractivity (Wildman–Crippen MR) is 86.3 cm³/mol. The van der Waals surface area contributed by atoms with E-state index >= 15 is 0 Å². The van der Waals surface area contributed by atoms with E-state index in [1.54, 1.807) is 28.9 Å². The van der Waals surface area contributed by atoms with E-state index in [2.05, 4.69) is 20.7 Å². The zero-order chi connectivity index (χ0) is 16.1. The summed E-state index contributed by atoms with van der Waals surface area (Å²) in [5, 5.41) is 34.5. The first-order valence-corrected chi connectivity index (χ1v) is 7.74. The van der Waals surface area contributed by atoms with Crippen LogP contribution in [0.4, 0.5) is 0 Å². The highest BCUT2D eigenvalue weighted by Crippen LogP contribution is 2.23. The van der Waals surface area contributed by atoms with E-state index < -0.39 is 0 Å². The van der Waals surface area contributed by atoms with Crippen molar-refractivity contribution in [1.29, 1.82) is 0 Å². The molecule has 0 aliphatic rings. The lowest BCUT2D eigenvalue weighted by Gasteiger charge is -2.07. The number of hydrogen-bond donors (Lipinski definition) is 2. The number of benzene rings is 2. The third-order valence-electron chi connectivity index (χ3n) is 3.12. The van der Waals surface area contributed by atoms with Crippen LogP contribution in [0.3, 0.4) is 0 Å². The smallest absolute Gasteiger partial charge is 0.214 e. The SMILES string of the molecule is ON=C(CSc1nnnn1-c1ccccc1)c1ccccc1O. The van der Waals surface area contributed by atoms with Crippen LogP contribution in [0.25, 0.3) is 5.69 Å². The van der Waals surface area contributed by atoms with Crippen molar-refractivity contribution in [2.24, 2.45) is 5.16 Å². The second-order valence-corrected chi connectivity index (χ2v) is 5.50. The molecule has 3 aromatic rings. The fourth-order valence-corrected chi connectivity index (χ4v) is 2.85. The first kappa shape index (κ1) is 15.0. The third kappa shape index (κ3) is 3.32. The average molecular weight is 327 g/mol. The minimum atomic E-state index is 0.0588. The van der Waals surface area contributed by atoms with Crippen LogP contribution in [0.5, 0.6) is 5.75 Å². The second kappa shape index (κ2) is 6.93. The van der Waals surface area contributed by atoms with E-state index in [1.807, 2.05) is 30.3 Å². The van der Waals surface area contributed by atoms with Crippen LogP contribution >= 0.6 is 11.8 Å². The number of tetrazole rings is 1. The molecule has 23 heavy (non-hydrogen) atoms. The van der Waals surface area contributed by atoms with Gasteiger partial charge in [-0.15, -0.1) is 5.10 Å². The van der Waals surface area contributed by atoms with Gasteiger partial charge in [-0.25, -0.2) is 0 Å². The minimum Gasteiger partial charge on any atom is -0.507 e. The second-order valence-electron chi connectivity index (χ2n) is 4.56. The van der Waals surface area contributed by atoms with Crippen molar-refractivity contribution >= 4 is 17.5 Å². The number of hydrogen-bond acceptors (Lipinski definition) is 7. The van der Waals surface area contributed by atoms with E-state index in [1.165, 1.54) is 11.8 Å². The van der Waals surface area contributed by atoms with E-state index in [9.17, 15) is 10.3 Å². The Kier molecular flexibility index (Phi) is 4.53. The summed E-state index contributed by atoms with van der Waals surface area (Å²) in [4.78, 5) is 0. The van der Waals surface area contributed by atoms with Crippen LogP contribution < -0.4 is 0 Å². The quantitative estimate of drug-likeness (QED) is 0.323. The lowest BCUT2D eigenvalue weighted by atomic mass is 10.1. The van der Waals surface area contributed by atoms with Gasteiger partial charge in [0.05, 0.1) is 5.69 Å². The van der Waals surface area contributed by atoms with E-state index in [4.69, 9.17) is 0 Å². The fourth-order valence-electron chi connectivity index (χ4n) is 2.01. The zero-order valence-corrected chi connectivity index (χ0v) is 12.8. The Bertz CT molecular complexity index is 819. The molecular weight excluding hydrogens is 314 g/mol. The monoisotopic (exact) mass is 327 g/mol. The summed E-state index contributed by atoms with van der Waals surface area (Å²) in [6.07, 6.45) is 0. The number of rotatable bonds is 5. The highest BCUT2D eigenvalue weighted by molar-refractivity contribution is 7.99. The molecule has 3 rings (SSSR count). The molecular formula is C15H13N5O2S. The molecule has 0 saturated carbocycles. The lowest BCUT2D eigenvalue weighted by Crippen LogP contribution is -2.06. The van der Waals surface area contributed by atoms with Gasteiger partial charge in [-0.05, 0) is 34.7 Å². The number of thioether (sulfide) groups is 1. The maximum atomic E-state index is 9.86. The molecule has 0 bridgehead atoms. The number of phenolic OH excluding ortho intramolecular Hbond substituents is 1. The first-order valence-electron chi connectivity index (χ1n) is 6.75. The number of aromatic nitrogens is 4. The molecule has 0 unspecified atom stereocenters. The summed E-state index contributed by atoms with van der Waals surface area (Å²) in [5.41, 5.74) is 1.65. The fraction of sp³-hybridized carbons (Fsp3) is 0.0667. The normalized spacial score (nSPS) is 11.6. The standard InChI is InChI=1S/C15H13N5O2S/c21-14-9-5-4-8-12(14)13(17-22)10-23-15-16-18-19-20(15)11-6-2-1-3-7-11/h1-9,21-22H,10H2. The highest BCUT2D eigenvalue weighted by Gasteiger charge is 2.14. The summed E-state index contributed by atoms with van der Waals surface area (Å²) >= 11 is 1.31. The number of nitrogens with zero attached hydrogens (tertiary/aromatic N) is 5. The lowest BCUT2D eigenvalue weighted by molar-refractivity contribution is 0.319. The Morgan fingerprint density at radius 3 is 2.57 bits per heavy atom. The Labute approximate surface area is 136 Å². The maximum absolute atomic E-state index is 9.86. The predicted octanol–water partition coefficient (Wildman–Crippen LogP) is 2.34. The molecule has 0 fully saturated rings. The van der Waals surface area contributed by atoms with Gasteiger partial charge < -0.3 is 10.3 Å². The van der Waals surface area contributed by atoms with Crippen LogP contribution in [-0.2, 0) is 0 Å². The van der Waals surface area contributed by atoms with Crippen molar-refractivity contribution in [3.05, 3.63) is 60.2 Å². The average Bonchev–Trinajstić information content (AvgIpc) is 3.06. The van der Waals surface area contributed by atoms with Crippen molar-refractivity contribution in [2.75, 3.05) is 5.75 Å². The molecule has 0 spiro atoms. The van der Waals surface area contributed by atoms with Crippen molar-refractivity contribution in [1.82, 2.24) is 20.2 Å². The summed E-state index contributed by atoms with van der Waals surface area (Å²) in [6, 6.07) is 16.2. The van der Waals surface area contributed by atoms with Crippen LogP contribution in [0.1, 0.15) is 5.56 Å². The molecule has 2 aromatic carbocycles. The van der Waals surface area contributed by atoms with Gasteiger partial charge in [0.2, 0.25) is 5.16 Å². The molecule has 0 radical (unpaired) electrons. The molecule has 0 aliphatic heterocycles. The maximum Gasteiger partial charge on any atom is 0.214 e. The summed E-state index contributed by atoms with van der Waals surface area (Å²) in [6.45, 7) is 0. The summed E-state index contributed by atoms with van der Waals surface area (Å²) in [5.74, 6) is 0.366. The van der Waals surface area contributed by atoms with E-state index in [-0.39, 0.29) is 5.75 Å². The van der Waals surface area contributed by atoms with Crippen LogP contribution in [0.15, 0.2) is 64.9 Å². The molecule has 2 N–H and O–H groups in total. The van der Waals surface area contributed by atoms with Gasteiger partial charge in [-0.2, -0.15) is 4.68 Å². The molecule has 1 heterocycles. The van der Waals surface area contributed by atoms with Gasteiger partial charge in [0, 0.05) is 11.3 Å². The van der Waals surface area contributed by atoms with Gasteiger partial charge in [0.15, 0.2) is 0 Å². The van der Waals surface area contributed by atoms with Crippen LogP contribution in [0, 0.1) is 0 Å². The van der Waals surface area contributed by atoms with E-state index in [0.717, 1.165) is 5.69 Å². The van der Waals surface area contributed by atoms with E-state index in [0.29, 0.717) is 22.2 Å². The first-order chi connectivity index (χ1) is 11.3. The highest BCUT2D eigenvalue weighted by atomic mass is 32.2. The number of phenols is 1. The van der Waals surface area contributed by atoms with Crippen molar-refractivity contribution < 1.29 is 10.3 Å². The minimum absolute atomic E-state index is 0.0588. The molecule has 0 amide bonds. The molecule has 0 saturated heterocycles. The van der Waals surface area contributed by atoms with Crippen LogP contribution in [0.2, 0.25) is 0 Å². The van der Waals surface area contributed by atoms with Gasteiger partial charge in [-0.3, -0.25) is 0 Å². The largest absolute Gasteiger partial charge is 0.507 e. The number of oxime groups is 1. The zero-order valence-electron chi connectivity index (χ0n) is 11.9.